The number of carbonyl (C=O) groups is 1. The van der Waals surface area contributed by atoms with Gasteiger partial charge in [-0.3, -0.25) is 9.69 Å². The number of amides is 1. The number of ether oxygens (including phenoxy) is 3. The van der Waals surface area contributed by atoms with Crippen molar-refractivity contribution in [2.75, 3.05) is 73.3 Å². The first kappa shape index (κ1) is 27.4. The molecule has 1 aliphatic rings. The van der Waals surface area contributed by atoms with Crippen LogP contribution in [0.2, 0.25) is 0 Å². The molecule has 0 radical (unpaired) electrons. The molecule has 0 saturated carbocycles. The molecule has 0 aliphatic carbocycles. The molecule has 10 heteroatoms. The molecule has 1 atom stereocenters. The number of carbonyl (C=O) groups excluding carboxylic acids is 1. The van der Waals surface area contributed by atoms with Crippen LogP contribution in [-0.4, -0.2) is 90.1 Å². The zero-order chi connectivity index (χ0) is 21.6. The summed E-state index contributed by atoms with van der Waals surface area (Å²) in [5.41, 5.74) is 1.19. The van der Waals surface area contributed by atoms with E-state index in [-0.39, 0.29) is 42.5 Å². The number of hydrogen-bond acceptors (Lipinski definition) is 6. The van der Waals surface area contributed by atoms with Gasteiger partial charge in [0.25, 0.3) is 0 Å². The lowest BCUT2D eigenvalue weighted by molar-refractivity contribution is -0.119. The van der Waals surface area contributed by atoms with Gasteiger partial charge in [-0.05, 0) is 24.6 Å². The summed E-state index contributed by atoms with van der Waals surface area (Å²) in [6, 6.07) is 8.29. The average Bonchev–Trinajstić information content (AvgIpc) is 2.79. The van der Waals surface area contributed by atoms with Crippen molar-refractivity contribution in [2.24, 2.45) is 4.99 Å². The predicted molar refractivity (Wildman–Crippen MR) is 132 cm³/mol. The van der Waals surface area contributed by atoms with Crippen molar-refractivity contribution in [2.45, 2.75) is 13.0 Å². The first-order chi connectivity index (χ1) is 14.7. The Labute approximate surface area is 202 Å². The van der Waals surface area contributed by atoms with E-state index in [1.54, 1.807) is 14.2 Å². The molecule has 1 aromatic carbocycles. The lowest BCUT2D eigenvalue weighted by atomic mass is 10.0. The quantitative estimate of drug-likeness (QED) is 0.164. The van der Waals surface area contributed by atoms with Crippen LogP contribution in [0.5, 0.6) is 5.75 Å². The molecule has 0 bridgehead atoms. The summed E-state index contributed by atoms with van der Waals surface area (Å²) in [5.74, 6) is 1.32. The molecule has 3 N–H and O–H groups in total. The van der Waals surface area contributed by atoms with Gasteiger partial charge in [-0.1, -0.05) is 12.1 Å². The SMILES string of the molecule is CCNC(=NCC(=O)NCCOC)NCC(c1ccc(OC)cc1)N1CCOCC1.I. The van der Waals surface area contributed by atoms with Crippen molar-refractivity contribution >= 4 is 35.8 Å². The summed E-state index contributed by atoms with van der Waals surface area (Å²) in [6.45, 7) is 7.57. The number of guanidine groups is 1. The number of nitrogens with zero attached hydrogens (tertiary/aromatic N) is 2. The number of hydrogen-bond donors (Lipinski definition) is 3. The topological polar surface area (TPSA) is 96.5 Å². The Morgan fingerprint density at radius 2 is 1.87 bits per heavy atom. The van der Waals surface area contributed by atoms with Crippen LogP contribution in [0.25, 0.3) is 0 Å². The van der Waals surface area contributed by atoms with E-state index < -0.39 is 0 Å². The zero-order valence-corrected chi connectivity index (χ0v) is 21.0. The maximum atomic E-state index is 11.9. The summed E-state index contributed by atoms with van der Waals surface area (Å²) in [5, 5.41) is 9.37. The van der Waals surface area contributed by atoms with Crippen molar-refractivity contribution < 1.29 is 19.0 Å². The van der Waals surface area contributed by atoms with Gasteiger partial charge in [0.15, 0.2) is 5.96 Å². The maximum Gasteiger partial charge on any atom is 0.241 e. The molecule has 1 unspecified atom stereocenters. The van der Waals surface area contributed by atoms with Gasteiger partial charge in [-0.15, -0.1) is 24.0 Å². The highest BCUT2D eigenvalue weighted by Crippen LogP contribution is 2.23. The van der Waals surface area contributed by atoms with Gasteiger partial charge < -0.3 is 30.2 Å². The second-order valence-corrected chi connectivity index (χ2v) is 6.86. The predicted octanol–water partition coefficient (Wildman–Crippen LogP) is 1.00. The van der Waals surface area contributed by atoms with Gasteiger partial charge in [-0.25, -0.2) is 4.99 Å². The highest BCUT2D eigenvalue weighted by atomic mass is 127. The number of methoxy groups -OCH3 is 2. The van der Waals surface area contributed by atoms with Gasteiger partial charge >= 0.3 is 0 Å². The summed E-state index contributed by atoms with van der Waals surface area (Å²) < 4.78 is 15.7. The van der Waals surface area contributed by atoms with Crippen LogP contribution in [0.1, 0.15) is 18.5 Å². The van der Waals surface area contributed by atoms with Crippen LogP contribution < -0.4 is 20.7 Å². The summed E-state index contributed by atoms with van der Waals surface area (Å²) in [7, 11) is 3.27. The van der Waals surface area contributed by atoms with Crippen molar-refractivity contribution in [3.63, 3.8) is 0 Å². The van der Waals surface area contributed by atoms with E-state index in [1.807, 2.05) is 19.1 Å². The van der Waals surface area contributed by atoms with Crippen LogP contribution >= 0.6 is 24.0 Å². The number of rotatable bonds is 11. The largest absolute Gasteiger partial charge is 0.497 e. The molecule has 1 amide bonds. The lowest BCUT2D eigenvalue weighted by Gasteiger charge is -2.35. The molecular weight excluding hydrogens is 513 g/mol. The highest BCUT2D eigenvalue weighted by Gasteiger charge is 2.23. The third kappa shape index (κ3) is 10.0. The van der Waals surface area contributed by atoms with E-state index in [0.717, 1.165) is 32.1 Å². The molecule has 1 aliphatic heterocycles. The molecule has 0 spiro atoms. The second kappa shape index (κ2) is 16.1. The molecule has 1 heterocycles. The number of halogens is 1. The number of nitrogens with one attached hydrogen (secondary N) is 3. The van der Waals surface area contributed by atoms with Crippen molar-refractivity contribution in [1.82, 2.24) is 20.9 Å². The molecule has 1 aromatic rings. The minimum Gasteiger partial charge on any atom is -0.497 e. The number of benzene rings is 1. The lowest BCUT2D eigenvalue weighted by Crippen LogP contribution is -2.46. The van der Waals surface area contributed by atoms with Crippen molar-refractivity contribution in [3.8, 4) is 5.75 Å². The van der Waals surface area contributed by atoms with Gasteiger partial charge in [0.1, 0.15) is 12.3 Å². The third-order valence-corrected chi connectivity index (χ3v) is 4.80. The maximum absolute atomic E-state index is 11.9. The Balaban J connectivity index is 0.00000480. The zero-order valence-electron chi connectivity index (χ0n) is 18.7. The van der Waals surface area contributed by atoms with Crippen LogP contribution in [0.15, 0.2) is 29.3 Å². The van der Waals surface area contributed by atoms with E-state index in [9.17, 15) is 4.79 Å². The fraction of sp³-hybridized carbons (Fsp3) is 0.619. The molecule has 9 nitrogen and oxygen atoms in total. The summed E-state index contributed by atoms with van der Waals surface area (Å²) in [4.78, 5) is 18.7. The molecule has 31 heavy (non-hydrogen) atoms. The Morgan fingerprint density at radius 1 is 1.16 bits per heavy atom. The van der Waals surface area contributed by atoms with Gasteiger partial charge in [0.05, 0.1) is 33.0 Å². The van der Waals surface area contributed by atoms with Crippen LogP contribution in [0.3, 0.4) is 0 Å². The molecule has 176 valence electrons. The minimum atomic E-state index is -0.135. The smallest absolute Gasteiger partial charge is 0.241 e. The van der Waals surface area contributed by atoms with Crippen LogP contribution in [0, 0.1) is 0 Å². The van der Waals surface area contributed by atoms with E-state index in [0.29, 0.717) is 32.2 Å². The van der Waals surface area contributed by atoms with Crippen molar-refractivity contribution in [3.05, 3.63) is 29.8 Å². The Bertz CT molecular complexity index is 654. The summed E-state index contributed by atoms with van der Waals surface area (Å²) in [6.07, 6.45) is 0. The van der Waals surface area contributed by atoms with Gasteiger partial charge in [-0.2, -0.15) is 0 Å². The molecule has 0 aromatic heterocycles. The first-order valence-electron chi connectivity index (χ1n) is 10.4. The highest BCUT2D eigenvalue weighted by molar-refractivity contribution is 14.0. The standard InChI is InChI=1S/C21H35N5O4.HI/c1-4-22-21(25-16-20(27)23-9-12-28-2)24-15-19(26-10-13-30-14-11-26)17-5-7-18(29-3)8-6-17;/h5-8,19H,4,9-16H2,1-3H3,(H,23,27)(H2,22,24,25);1H. The Morgan fingerprint density at radius 3 is 2.48 bits per heavy atom. The Kier molecular flexibility index (Phi) is 14.2. The molecule has 2 rings (SSSR count). The average molecular weight is 549 g/mol. The van der Waals surface area contributed by atoms with Crippen molar-refractivity contribution in [1.29, 1.82) is 0 Å². The molecule has 1 saturated heterocycles. The molecular formula is C21H36IN5O4. The number of aliphatic imine (C=N–C) groups is 1. The normalized spacial score (nSPS) is 15.5. The fourth-order valence-electron chi connectivity index (χ4n) is 3.21. The minimum absolute atomic E-state index is 0. The monoisotopic (exact) mass is 549 g/mol. The summed E-state index contributed by atoms with van der Waals surface area (Å²) >= 11 is 0. The van der Waals surface area contributed by atoms with E-state index in [4.69, 9.17) is 14.2 Å². The van der Waals surface area contributed by atoms with Crippen LogP contribution in [-0.2, 0) is 14.3 Å². The van der Waals surface area contributed by atoms with Gasteiger partial charge in [0, 0.05) is 39.8 Å². The van der Waals surface area contributed by atoms with E-state index in [1.165, 1.54) is 5.56 Å². The Hall–Kier alpha value is -1.63. The second-order valence-electron chi connectivity index (χ2n) is 6.86. The van der Waals surface area contributed by atoms with Crippen LogP contribution in [0.4, 0.5) is 0 Å². The fourth-order valence-corrected chi connectivity index (χ4v) is 3.21. The number of morpholine rings is 1. The first-order valence-corrected chi connectivity index (χ1v) is 10.4. The van der Waals surface area contributed by atoms with E-state index >= 15 is 0 Å². The molecule has 1 fully saturated rings. The van der Waals surface area contributed by atoms with Gasteiger partial charge in [0.2, 0.25) is 5.91 Å². The van der Waals surface area contributed by atoms with E-state index in [2.05, 4.69) is 38.0 Å². The third-order valence-electron chi connectivity index (χ3n) is 4.80.